The quantitative estimate of drug-likeness (QED) is 0.689. The molecule has 0 spiro atoms. The SMILES string of the molecule is Cc1ccnc2ccc(C(=O)Nc3ccc(CNC(=O)OC(C)C)cc3)cc12. The number of alkyl carbamates (subject to hydrolysis) is 1. The normalized spacial score (nSPS) is 10.7. The van der Waals surface area contributed by atoms with Crippen molar-refractivity contribution in [1.29, 1.82) is 0 Å². The first-order valence-electron chi connectivity index (χ1n) is 9.12. The third-order valence-electron chi connectivity index (χ3n) is 4.21. The minimum atomic E-state index is -0.450. The summed E-state index contributed by atoms with van der Waals surface area (Å²) in [6.07, 6.45) is 1.15. The van der Waals surface area contributed by atoms with E-state index in [-0.39, 0.29) is 12.0 Å². The van der Waals surface area contributed by atoms with Crippen molar-refractivity contribution < 1.29 is 14.3 Å². The van der Waals surface area contributed by atoms with Crippen LogP contribution in [0.25, 0.3) is 10.9 Å². The van der Waals surface area contributed by atoms with Crippen LogP contribution in [0.2, 0.25) is 0 Å². The number of fused-ring (bicyclic) bond motifs is 1. The summed E-state index contributed by atoms with van der Waals surface area (Å²) in [4.78, 5) is 28.4. The van der Waals surface area contributed by atoms with Crippen LogP contribution >= 0.6 is 0 Å². The molecule has 2 aromatic carbocycles. The summed E-state index contributed by atoms with van der Waals surface area (Å²) in [6, 6.07) is 14.7. The Morgan fingerprint density at radius 3 is 2.54 bits per heavy atom. The molecule has 0 saturated heterocycles. The van der Waals surface area contributed by atoms with Gasteiger partial charge in [0.15, 0.2) is 0 Å². The zero-order valence-electron chi connectivity index (χ0n) is 16.2. The summed E-state index contributed by atoms with van der Waals surface area (Å²) < 4.78 is 5.02. The van der Waals surface area contributed by atoms with Gasteiger partial charge in [-0.05, 0) is 68.3 Å². The molecule has 2 amide bonds. The molecule has 0 atom stereocenters. The molecule has 0 fully saturated rings. The molecular formula is C22H23N3O3. The van der Waals surface area contributed by atoms with Crippen LogP contribution in [0.5, 0.6) is 0 Å². The van der Waals surface area contributed by atoms with Crippen molar-refractivity contribution in [3.8, 4) is 0 Å². The van der Waals surface area contributed by atoms with Crippen LogP contribution in [0.15, 0.2) is 54.7 Å². The number of amides is 2. The van der Waals surface area contributed by atoms with Crippen LogP contribution in [0.4, 0.5) is 10.5 Å². The average molecular weight is 377 g/mol. The van der Waals surface area contributed by atoms with Gasteiger partial charge in [-0.15, -0.1) is 0 Å². The minimum absolute atomic E-state index is 0.160. The Kier molecular flexibility index (Phi) is 5.89. The molecule has 3 rings (SSSR count). The molecule has 3 aromatic rings. The lowest BCUT2D eigenvalue weighted by molar-refractivity contribution is 0.102. The summed E-state index contributed by atoms with van der Waals surface area (Å²) in [7, 11) is 0. The number of aryl methyl sites for hydroxylation is 1. The maximum absolute atomic E-state index is 12.6. The van der Waals surface area contributed by atoms with Crippen molar-refractivity contribution in [2.75, 3.05) is 5.32 Å². The van der Waals surface area contributed by atoms with E-state index >= 15 is 0 Å². The number of hydrogen-bond acceptors (Lipinski definition) is 4. The van der Waals surface area contributed by atoms with Gasteiger partial charge in [0.2, 0.25) is 0 Å². The van der Waals surface area contributed by atoms with Crippen LogP contribution in [-0.2, 0) is 11.3 Å². The molecule has 0 saturated carbocycles. The molecule has 0 aliphatic heterocycles. The molecule has 144 valence electrons. The van der Waals surface area contributed by atoms with E-state index in [2.05, 4.69) is 15.6 Å². The lowest BCUT2D eigenvalue weighted by Crippen LogP contribution is -2.26. The van der Waals surface area contributed by atoms with Gasteiger partial charge in [-0.2, -0.15) is 0 Å². The zero-order chi connectivity index (χ0) is 20.1. The molecule has 28 heavy (non-hydrogen) atoms. The van der Waals surface area contributed by atoms with Gasteiger partial charge in [-0.1, -0.05) is 12.1 Å². The van der Waals surface area contributed by atoms with E-state index in [4.69, 9.17) is 4.74 Å². The molecule has 0 aliphatic rings. The highest BCUT2D eigenvalue weighted by atomic mass is 16.6. The van der Waals surface area contributed by atoms with E-state index in [1.165, 1.54) is 0 Å². The van der Waals surface area contributed by atoms with Gasteiger partial charge in [0.1, 0.15) is 0 Å². The molecule has 2 N–H and O–H groups in total. The van der Waals surface area contributed by atoms with Gasteiger partial charge in [0.05, 0.1) is 11.6 Å². The number of nitrogens with one attached hydrogen (secondary N) is 2. The molecule has 0 bridgehead atoms. The minimum Gasteiger partial charge on any atom is -0.447 e. The highest BCUT2D eigenvalue weighted by molar-refractivity contribution is 6.06. The van der Waals surface area contributed by atoms with Gasteiger partial charge in [-0.25, -0.2) is 4.79 Å². The largest absolute Gasteiger partial charge is 0.447 e. The molecule has 0 aliphatic carbocycles. The molecule has 1 aromatic heterocycles. The van der Waals surface area contributed by atoms with Crippen molar-refractivity contribution in [3.63, 3.8) is 0 Å². The first-order chi connectivity index (χ1) is 13.4. The average Bonchev–Trinajstić information content (AvgIpc) is 2.67. The Labute approximate surface area is 163 Å². The van der Waals surface area contributed by atoms with E-state index < -0.39 is 6.09 Å². The molecular weight excluding hydrogens is 354 g/mol. The second-order valence-electron chi connectivity index (χ2n) is 6.82. The number of pyridine rings is 1. The summed E-state index contributed by atoms with van der Waals surface area (Å²) in [6.45, 7) is 5.95. The third kappa shape index (κ3) is 4.85. The van der Waals surface area contributed by atoms with Crippen LogP contribution in [0.3, 0.4) is 0 Å². The summed E-state index contributed by atoms with van der Waals surface area (Å²) in [5, 5.41) is 6.54. The monoisotopic (exact) mass is 377 g/mol. The highest BCUT2D eigenvalue weighted by Gasteiger charge is 2.09. The number of rotatable bonds is 5. The lowest BCUT2D eigenvalue weighted by Gasteiger charge is -2.10. The first-order valence-corrected chi connectivity index (χ1v) is 9.12. The number of anilines is 1. The topological polar surface area (TPSA) is 80.3 Å². The zero-order valence-corrected chi connectivity index (χ0v) is 16.2. The van der Waals surface area contributed by atoms with E-state index in [0.717, 1.165) is 22.0 Å². The number of carbonyl (C=O) groups is 2. The molecule has 1 heterocycles. The highest BCUT2D eigenvalue weighted by Crippen LogP contribution is 2.19. The Bertz CT molecular complexity index is 998. The maximum Gasteiger partial charge on any atom is 0.407 e. The molecule has 0 unspecified atom stereocenters. The van der Waals surface area contributed by atoms with E-state index in [0.29, 0.717) is 17.8 Å². The number of benzene rings is 2. The van der Waals surface area contributed by atoms with Gasteiger partial charge in [0, 0.05) is 29.4 Å². The molecule has 6 nitrogen and oxygen atoms in total. The Hall–Kier alpha value is -3.41. The summed E-state index contributed by atoms with van der Waals surface area (Å²) >= 11 is 0. The standard InChI is InChI=1S/C22H23N3O3/c1-14(2)28-22(27)24-13-16-4-7-18(8-5-16)25-21(26)17-6-9-20-19(12-17)15(3)10-11-23-20/h4-12,14H,13H2,1-3H3,(H,24,27)(H,25,26). The van der Waals surface area contributed by atoms with Crippen molar-refractivity contribution >= 4 is 28.6 Å². The van der Waals surface area contributed by atoms with Crippen molar-refractivity contribution in [2.24, 2.45) is 0 Å². The van der Waals surface area contributed by atoms with Gasteiger partial charge in [-0.3, -0.25) is 9.78 Å². The van der Waals surface area contributed by atoms with E-state index in [1.54, 1.807) is 38.2 Å². The third-order valence-corrected chi connectivity index (χ3v) is 4.21. The fourth-order valence-electron chi connectivity index (χ4n) is 2.76. The Balaban J connectivity index is 1.63. The Morgan fingerprint density at radius 1 is 1.07 bits per heavy atom. The number of aromatic nitrogens is 1. The Morgan fingerprint density at radius 2 is 1.82 bits per heavy atom. The van der Waals surface area contributed by atoms with Crippen LogP contribution in [0, 0.1) is 6.92 Å². The van der Waals surface area contributed by atoms with Crippen molar-refractivity contribution in [1.82, 2.24) is 10.3 Å². The van der Waals surface area contributed by atoms with Gasteiger partial charge >= 0.3 is 6.09 Å². The molecule has 6 heteroatoms. The van der Waals surface area contributed by atoms with Crippen molar-refractivity contribution in [3.05, 3.63) is 71.4 Å². The van der Waals surface area contributed by atoms with Crippen LogP contribution in [0.1, 0.15) is 35.3 Å². The number of hydrogen-bond donors (Lipinski definition) is 2. The van der Waals surface area contributed by atoms with E-state index in [9.17, 15) is 9.59 Å². The summed E-state index contributed by atoms with van der Waals surface area (Å²) in [5.41, 5.74) is 4.11. The van der Waals surface area contributed by atoms with Crippen LogP contribution in [-0.4, -0.2) is 23.1 Å². The second kappa shape index (κ2) is 8.52. The fraction of sp³-hybridized carbons (Fsp3) is 0.227. The van der Waals surface area contributed by atoms with Crippen LogP contribution < -0.4 is 10.6 Å². The summed E-state index contributed by atoms with van der Waals surface area (Å²) in [5.74, 6) is -0.184. The fourth-order valence-corrected chi connectivity index (χ4v) is 2.76. The van der Waals surface area contributed by atoms with Gasteiger partial charge < -0.3 is 15.4 Å². The first kappa shape index (κ1) is 19.4. The lowest BCUT2D eigenvalue weighted by atomic mass is 10.1. The van der Waals surface area contributed by atoms with Gasteiger partial charge in [0.25, 0.3) is 5.91 Å². The predicted octanol–water partition coefficient (Wildman–Crippen LogP) is 4.43. The smallest absolute Gasteiger partial charge is 0.407 e. The maximum atomic E-state index is 12.6. The predicted molar refractivity (Wildman–Crippen MR) is 109 cm³/mol. The number of carbonyl (C=O) groups excluding carboxylic acids is 2. The number of nitrogens with zero attached hydrogens (tertiary/aromatic N) is 1. The molecule has 0 radical (unpaired) electrons. The second-order valence-corrected chi connectivity index (χ2v) is 6.82. The van der Waals surface area contributed by atoms with E-state index in [1.807, 2.05) is 37.3 Å². The number of ether oxygens (including phenoxy) is 1. The van der Waals surface area contributed by atoms with Crippen molar-refractivity contribution in [2.45, 2.75) is 33.4 Å².